The molecule has 1 amide bonds. The second-order valence-corrected chi connectivity index (χ2v) is 8.75. The number of nitrogen functional groups attached to an aromatic ring is 1. The van der Waals surface area contributed by atoms with Crippen molar-refractivity contribution in [3.8, 4) is 16.9 Å². The van der Waals surface area contributed by atoms with Crippen LogP contribution in [0.1, 0.15) is 30.6 Å². The highest BCUT2D eigenvalue weighted by Gasteiger charge is 2.43. The maximum atomic E-state index is 13.2. The molecule has 1 aromatic heterocycles. The molecule has 1 aliphatic rings. The van der Waals surface area contributed by atoms with E-state index < -0.39 is 5.60 Å². The first-order valence-corrected chi connectivity index (χ1v) is 11.0. The average Bonchev–Trinajstić information content (AvgIpc) is 3.41. The molecule has 0 atom stereocenters. The van der Waals surface area contributed by atoms with Gasteiger partial charge in [-0.3, -0.25) is 10.2 Å². The van der Waals surface area contributed by atoms with Gasteiger partial charge in [0.15, 0.2) is 5.60 Å². The van der Waals surface area contributed by atoms with Gasteiger partial charge in [-0.05, 0) is 84.7 Å². The van der Waals surface area contributed by atoms with E-state index in [-0.39, 0.29) is 11.7 Å². The number of ether oxygens (including phenoxy) is 1. The Morgan fingerprint density at radius 3 is 2.50 bits per heavy atom. The van der Waals surface area contributed by atoms with Crippen molar-refractivity contribution in [3.05, 3.63) is 69.9 Å². The van der Waals surface area contributed by atoms with Crippen LogP contribution in [0.25, 0.3) is 11.1 Å². The van der Waals surface area contributed by atoms with Crippen LogP contribution in [-0.4, -0.2) is 17.3 Å². The maximum Gasteiger partial charge on any atom is 0.268 e. The van der Waals surface area contributed by atoms with Gasteiger partial charge in [-0.25, -0.2) is 0 Å². The zero-order valence-corrected chi connectivity index (χ0v) is 17.9. The van der Waals surface area contributed by atoms with E-state index in [0.717, 1.165) is 28.8 Å². The summed E-state index contributed by atoms with van der Waals surface area (Å²) in [6, 6.07) is 16.6. The van der Waals surface area contributed by atoms with E-state index in [1.165, 1.54) is 11.3 Å². The second-order valence-electron chi connectivity index (χ2n) is 7.41. The van der Waals surface area contributed by atoms with Gasteiger partial charge < -0.3 is 15.8 Å². The second kappa shape index (κ2) is 8.50. The molecular weight excluding hydrogens is 418 g/mol. The number of hydrogen-bond donors (Lipinski definition) is 3. The van der Waals surface area contributed by atoms with Gasteiger partial charge >= 0.3 is 0 Å². The highest BCUT2D eigenvalue weighted by atomic mass is 35.5. The van der Waals surface area contributed by atoms with Crippen molar-refractivity contribution in [1.82, 2.24) is 0 Å². The number of thiophene rings is 1. The summed E-state index contributed by atoms with van der Waals surface area (Å²) in [6.45, 7) is 0. The fourth-order valence-corrected chi connectivity index (χ4v) is 4.61. The molecule has 1 heterocycles. The molecular formula is C23H22ClN3O2S. The highest BCUT2D eigenvalue weighted by molar-refractivity contribution is 7.12. The molecule has 30 heavy (non-hydrogen) atoms. The number of nitrogens with one attached hydrogen (secondary N) is 2. The molecule has 4 rings (SSSR count). The lowest BCUT2D eigenvalue weighted by Crippen LogP contribution is -2.45. The number of amidine groups is 1. The zero-order chi connectivity index (χ0) is 21.1. The normalized spacial score (nSPS) is 15.0. The van der Waals surface area contributed by atoms with Gasteiger partial charge in [-0.15, -0.1) is 11.3 Å². The largest absolute Gasteiger partial charge is 0.477 e. The van der Waals surface area contributed by atoms with Gasteiger partial charge in [-0.1, -0.05) is 23.7 Å². The third-order valence-electron chi connectivity index (χ3n) is 5.27. The Morgan fingerprint density at radius 2 is 1.83 bits per heavy atom. The number of halogens is 1. The van der Waals surface area contributed by atoms with Gasteiger partial charge in [0.2, 0.25) is 0 Å². The van der Waals surface area contributed by atoms with Crippen LogP contribution in [0.3, 0.4) is 0 Å². The summed E-state index contributed by atoms with van der Waals surface area (Å²) in [5.74, 6) is 0.556. The van der Waals surface area contributed by atoms with Gasteiger partial charge in [0, 0.05) is 10.7 Å². The summed E-state index contributed by atoms with van der Waals surface area (Å²) in [5, 5.41) is 13.2. The Bertz CT molecular complexity index is 1070. The summed E-state index contributed by atoms with van der Waals surface area (Å²) in [5.41, 5.74) is 7.32. The zero-order valence-electron chi connectivity index (χ0n) is 16.3. The van der Waals surface area contributed by atoms with Crippen LogP contribution in [0, 0.1) is 5.41 Å². The SMILES string of the molecule is N=C(N)c1cc(-c2cccc(NC(=O)C3(Oc4ccc(Cl)cc4)CCCC3)c2)cs1. The van der Waals surface area contributed by atoms with Crippen molar-refractivity contribution in [1.29, 1.82) is 5.41 Å². The molecule has 0 aliphatic heterocycles. The van der Waals surface area contributed by atoms with Crippen molar-refractivity contribution in [2.45, 2.75) is 31.3 Å². The number of nitrogens with two attached hydrogens (primary N) is 1. The molecule has 0 saturated heterocycles. The van der Waals surface area contributed by atoms with Crippen LogP contribution in [-0.2, 0) is 4.79 Å². The molecule has 5 nitrogen and oxygen atoms in total. The van der Waals surface area contributed by atoms with E-state index in [1.54, 1.807) is 24.3 Å². The molecule has 2 aromatic carbocycles. The number of carbonyl (C=O) groups excluding carboxylic acids is 1. The molecule has 1 fully saturated rings. The van der Waals surface area contributed by atoms with Crippen molar-refractivity contribution in [2.75, 3.05) is 5.32 Å². The third kappa shape index (κ3) is 4.35. The number of amides is 1. The Morgan fingerprint density at radius 1 is 1.10 bits per heavy atom. The molecule has 4 N–H and O–H groups in total. The number of benzene rings is 2. The Kier molecular flexibility index (Phi) is 5.79. The summed E-state index contributed by atoms with van der Waals surface area (Å²) in [7, 11) is 0. The number of anilines is 1. The van der Waals surface area contributed by atoms with Gasteiger partial charge in [0.25, 0.3) is 5.91 Å². The van der Waals surface area contributed by atoms with Crippen LogP contribution >= 0.6 is 22.9 Å². The van der Waals surface area contributed by atoms with E-state index in [9.17, 15) is 4.79 Å². The Balaban J connectivity index is 1.54. The summed E-state index contributed by atoms with van der Waals surface area (Å²) < 4.78 is 6.19. The number of hydrogen-bond acceptors (Lipinski definition) is 4. The summed E-state index contributed by atoms with van der Waals surface area (Å²) in [4.78, 5) is 14.0. The van der Waals surface area contributed by atoms with E-state index >= 15 is 0 Å². The first-order valence-electron chi connectivity index (χ1n) is 9.75. The minimum Gasteiger partial charge on any atom is -0.477 e. The molecule has 0 unspecified atom stereocenters. The Labute approximate surface area is 184 Å². The van der Waals surface area contributed by atoms with Crippen LogP contribution in [0.15, 0.2) is 60.0 Å². The molecule has 7 heteroatoms. The minimum atomic E-state index is -0.881. The predicted octanol–water partition coefficient (Wildman–Crippen LogP) is 5.68. The van der Waals surface area contributed by atoms with Crippen molar-refractivity contribution in [3.63, 3.8) is 0 Å². The van der Waals surface area contributed by atoms with E-state index in [1.807, 2.05) is 35.7 Å². The van der Waals surface area contributed by atoms with Crippen molar-refractivity contribution in [2.24, 2.45) is 5.73 Å². The maximum absolute atomic E-state index is 13.2. The highest BCUT2D eigenvalue weighted by Crippen LogP contribution is 2.36. The van der Waals surface area contributed by atoms with Crippen molar-refractivity contribution < 1.29 is 9.53 Å². The molecule has 0 spiro atoms. The minimum absolute atomic E-state index is 0.0539. The predicted molar refractivity (Wildman–Crippen MR) is 123 cm³/mol. The monoisotopic (exact) mass is 439 g/mol. The van der Waals surface area contributed by atoms with Gasteiger partial charge in [-0.2, -0.15) is 0 Å². The summed E-state index contributed by atoms with van der Waals surface area (Å²) in [6.07, 6.45) is 3.24. The van der Waals surface area contributed by atoms with Crippen LogP contribution in [0.5, 0.6) is 5.75 Å². The van der Waals surface area contributed by atoms with E-state index in [4.69, 9.17) is 27.5 Å². The van der Waals surface area contributed by atoms with E-state index in [2.05, 4.69) is 5.32 Å². The first-order chi connectivity index (χ1) is 14.4. The average molecular weight is 440 g/mol. The van der Waals surface area contributed by atoms with Gasteiger partial charge in [0.05, 0.1) is 4.88 Å². The quantitative estimate of drug-likeness (QED) is 0.341. The summed E-state index contributed by atoms with van der Waals surface area (Å²) >= 11 is 7.39. The molecule has 154 valence electrons. The molecule has 1 aliphatic carbocycles. The fraction of sp³-hybridized carbons (Fsp3) is 0.217. The standard InChI is InChI=1S/C23H22ClN3O2S/c24-17-6-8-19(9-7-17)29-23(10-1-2-11-23)22(28)27-18-5-3-4-15(12-18)16-13-20(21(25)26)30-14-16/h3-9,12-14H,1-2,10-11H2,(H3,25,26)(H,27,28). The van der Waals surface area contributed by atoms with E-state index in [0.29, 0.717) is 29.3 Å². The Hall–Kier alpha value is -2.83. The lowest BCUT2D eigenvalue weighted by Gasteiger charge is -2.29. The third-order valence-corrected chi connectivity index (χ3v) is 6.49. The first kappa shape index (κ1) is 20.4. The smallest absolute Gasteiger partial charge is 0.268 e. The number of carbonyl (C=O) groups is 1. The van der Waals surface area contributed by atoms with Crippen LogP contribution < -0.4 is 15.8 Å². The molecule has 3 aromatic rings. The lowest BCUT2D eigenvalue weighted by atomic mass is 10.00. The number of rotatable bonds is 6. The molecule has 0 bridgehead atoms. The van der Waals surface area contributed by atoms with Gasteiger partial charge in [0.1, 0.15) is 11.6 Å². The topological polar surface area (TPSA) is 88.2 Å². The lowest BCUT2D eigenvalue weighted by molar-refractivity contribution is -0.130. The molecule has 1 saturated carbocycles. The van der Waals surface area contributed by atoms with Crippen LogP contribution in [0.4, 0.5) is 5.69 Å². The molecule has 0 radical (unpaired) electrons. The fourth-order valence-electron chi connectivity index (χ4n) is 3.70. The van der Waals surface area contributed by atoms with Crippen LogP contribution in [0.2, 0.25) is 5.02 Å². The van der Waals surface area contributed by atoms with Crippen molar-refractivity contribution >= 4 is 40.4 Å².